The molecule has 2 rings (SSSR count). The van der Waals surface area contributed by atoms with Gasteiger partial charge < -0.3 is 5.32 Å². The van der Waals surface area contributed by atoms with Gasteiger partial charge in [-0.25, -0.2) is 0 Å². The fourth-order valence-corrected chi connectivity index (χ4v) is 4.38. The molecular weight excluding hydrogens is 280 g/mol. The van der Waals surface area contributed by atoms with Crippen molar-refractivity contribution in [3.05, 3.63) is 34.9 Å². The summed E-state index contributed by atoms with van der Waals surface area (Å²) in [7, 11) is 0. The van der Waals surface area contributed by atoms with Crippen molar-refractivity contribution in [2.24, 2.45) is 0 Å². The summed E-state index contributed by atoms with van der Waals surface area (Å²) in [5.41, 5.74) is 1.47. The van der Waals surface area contributed by atoms with Crippen LogP contribution in [0.3, 0.4) is 0 Å². The van der Waals surface area contributed by atoms with Crippen LogP contribution in [-0.4, -0.2) is 30.1 Å². The molecular formula is C18H29ClN2. The van der Waals surface area contributed by atoms with Gasteiger partial charge in [0.05, 0.1) is 6.04 Å². The molecule has 1 N–H and O–H groups in total. The van der Waals surface area contributed by atoms with Gasteiger partial charge >= 0.3 is 0 Å². The van der Waals surface area contributed by atoms with E-state index in [0.717, 1.165) is 24.7 Å². The van der Waals surface area contributed by atoms with Gasteiger partial charge in [0.1, 0.15) is 0 Å². The normalized spacial score (nSPS) is 19.1. The van der Waals surface area contributed by atoms with E-state index in [-0.39, 0.29) is 5.54 Å². The van der Waals surface area contributed by atoms with Crippen LogP contribution >= 0.6 is 11.6 Å². The second-order valence-electron chi connectivity index (χ2n) is 6.00. The van der Waals surface area contributed by atoms with E-state index in [0.29, 0.717) is 6.04 Å². The Morgan fingerprint density at radius 2 is 1.76 bits per heavy atom. The number of nitrogens with zero attached hydrogens (tertiary/aromatic N) is 1. The highest BCUT2D eigenvalue weighted by Crippen LogP contribution is 2.45. The van der Waals surface area contributed by atoms with Crippen LogP contribution in [0.15, 0.2) is 24.3 Å². The number of likely N-dealkylation sites (N-methyl/N-ethyl adjacent to an activating group) is 2. The lowest BCUT2D eigenvalue weighted by Gasteiger charge is -2.47. The van der Waals surface area contributed by atoms with Crippen molar-refractivity contribution in [3.8, 4) is 0 Å². The molecule has 1 atom stereocenters. The molecule has 0 saturated heterocycles. The zero-order valence-corrected chi connectivity index (χ0v) is 14.4. The van der Waals surface area contributed by atoms with E-state index in [1.165, 1.54) is 31.2 Å². The van der Waals surface area contributed by atoms with Crippen LogP contribution in [0.25, 0.3) is 0 Å². The number of rotatable bonds is 7. The SMILES string of the molecule is CCNC(c1ccccc1Cl)C1(N(CC)CC)CCCC1. The Kier molecular flexibility index (Phi) is 6.09. The first-order valence-electron chi connectivity index (χ1n) is 8.42. The van der Waals surface area contributed by atoms with Crippen molar-refractivity contribution in [1.82, 2.24) is 10.2 Å². The first-order chi connectivity index (χ1) is 10.2. The Morgan fingerprint density at radius 3 is 2.29 bits per heavy atom. The third-order valence-electron chi connectivity index (χ3n) is 5.02. The summed E-state index contributed by atoms with van der Waals surface area (Å²) in [5.74, 6) is 0. The molecule has 0 amide bonds. The summed E-state index contributed by atoms with van der Waals surface area (Å²) < 4.78 is 0. The van der Waals surface area contributed by atoms with E-state index in [1.807, 2.05) is 12.1 Å². The summed E-state index contributed by atoms with van der Waals surface area (Å²) in [4.78, 5) is 2.65. The quantitative estimate of drug-likeness (QED) is 0.789. The molecule has 0 spiro atoms. The third kappa shape index (κ3) is 3.28. The molecule has 0 radical (unpaired) electrons. The Hall–Kier alpha value is -0.570. The molecule has 118 valence electrons. The van der Waals surface area contributed by atoms with Crippen LogP contribution in [0.1, 0.15) is 58.1 Å². The summed E-state index contributed by atoms with van der Waals surface area (Å²) >= 11 is 6.53. The maximum absolute atomic E-state index is 6.53. The molecule has 1 fully saturated rings. The number of halogens is 1. The molecule has 0 bridgehead atoms. The second-order valence-corrected chi connectivity index (χ2v) is 6.40. The first kappa shape index (κ1) is 16.8. The second kappa shape index (κ2) is 7.62. The highest BCUT2D eigenvalue weighted by atomic mass is 35.5. The zero-order chi connectivity index (χ0) is 15.3. The maximum atomic E-state index is 6.53. The average molecular weight is 309 g/mol. The zero-order valence-electron chi connectivity index (χ0n) is 13.7. The average Bonchev–Trinajstić information content (AvgIpc) is 2.97. The van der Waals surface area contributed by atoms with Crippen molar-refractivity contribution >= 4 is 11.6 Å². The summed E-state index contributed by atoms with van der Waals surface area (Å²) in [6.07, 6.45) is 5.17. The van der Waals surface area contributed by atoms with Gasteiger partial charge in [0.15, 0.2) is 0 Å². The van der Waals surface area contributed by atoms with E-state index >= 15 is 0 Å². The van der Waals surface area contributed by atoms with E-state index in [1.54, 1.807) is 0 Å². The van der Waals surface area contributed by atoms with Crippen molar-refractivity contribution in [3.63, 3.8) is 0 Å². The fraction of sp³-hybridized carbons (Fsp3) is 0.667. The third-order valence-corrected chi connectivity index (χ3v) is 5.37. The Morgan fingerprint density at radius 1 is 1.14 bits per heavy atom. The van der Waals surface area contributed by atoms with Gasteiger partial charge in [0.25, 0.3) is 0 Å². The van der Waals surface area contributed by atoms with E-state index in [4.69, 9.17) is 11.6 Å². The number of nitrogens with one attached hydrogen (secondary N) is 1. The molecule has 0 aliphatic heterocycles. The number of hydrogen-bond acceptors (Lipinski definition) is 2. The molecule has 0 heterocycles. The lowest BCUT2D eigenvalue weighted by Crippen LogP contribution is -2.55. The molecule has 2 nitrogen and oxygen atoms in total. The van der Waals surface area contributed by atoms with Crippen LogP contribution in [0.5, 0.6) is 0 Å². The van der Waals surface area contributed by atoms with Gasteiger partial charge in [-0.15, -0.1) is 0 Å². The Balaban J connectivity index is 2.45. The largest absolute Gasteiger partial charge is 0.309 e. The first-order valence-corrected chi connectivity index (χ1v) is 8.80. The molecule has 1 aromatic carbocycles. The molecule has 0 aromatic heterocycles. The standard InChI is InChI=1S/C18H29ClN2/c1-4-20-17(15-11-7-8-12-16(15)19)18(13-9-10-14-18)21(5-2)6-3/h7-8,11-12,17,20H,4-6,9-10,13-14H2,1-3H3. The van der Waals surface area contributed by atoms with E-state index in [2.05, 4.69) is 43.1 Å². The van der Waals surface area contributed by atoms with Gasteiger partial charge in [0, 0.05) is 10.6 Å². The lowest BCUT2D eigenvalue weighted by atomic mass is 9.81. The van der Waals surface area contributed by atoms with Crippen LogP contribution in [0.4, 0.5) is 0 Å². The van der Waals surface area contributed by atoms with Gasteiger partial charge in [-0.05, 0) is 44.1 Å². The van der Waals surface area contributed by atoms with Gasteiger partial charge in [-0.3, -0.25) is 4.90 Å². The number of hydrogen-bond donors (Lipinski definition) is 1. The Labute approximate surface area is 134 Å². The highest BCUT2D eigenvalue weighted by Gasteiger charge is 2.45. The van der Waals surface area contributed by atoms with Gasteiger partial charge in [-0.1, -0.05) is 63.4 Å². The monoisotopic (exact) mass is 308 g/mol. The van der Waals surface area contributed by atoms with Crippen molar-refractivity contribution in [2.45, 2.75) is 58.0 Å². The number of benzene rings is 1. The predicted molar refractivity (Wildman–Crippen MR) is 92.0 cm³/mol. The molecule has 3 heteroatoms. The molecule has 1 aromatic rings. The van der Waals surface area contributed by atoms with Gasteiger partial charge in [-0.2, -0.15) is 0 Å². The molecule has 1 aliphatic rings. The molecule has 21 heavy (non-hydrogen) atoms. The minimum absolute atomic E-state index is 0.213. The topological polar surface area (TPSA) is 15.3 Å². The van der Waals surface area contributed by atoms with Crippen molar-refractivity contribution in [1.29, 1.82) is 0 Å². The smallest absolute Gasteiger partial charge is 0.0521 e. The lowest BCUT2D eigenvalue weighted by molar-refractivity contribution is 0.0632. The molecule has 1 aliphatic carbocycles. The molecule has 1 unspecified atom stereocenters. The minimum atomic E-state index is 0.213. The Bertz CT molecular complexity index is 437. The van der Waals surface area contributed by atoms with Crippen LogP contribution in [-0.2, 0) is 0 Å². The van der Waals surface area contributed by atoms with Crippen LogP contribution < -0.4 is 5.32 Å². The van der Waals surface area contributed by atoms with Crippen molar-refractivity contribution in [2.75, 3.05) is 19.6 Å². The minimum Gasteiger partial charge on any atom is -0.309 e. The molecule has 1 saturated carbocycles. The summed E-state index contributed by atoms with van der Waals surface area (Å²) in [6.45, 7) is 9.91. The highest BCUT2D eigenvalue weighted by molar-refractivity contribution is 6.31. The fourth-order valence-electron chi connectivity index (χ4n) is 4.13. The predicted octanol–water partition coefficient (Wildman–Crippen LogP) is 4.65. The summed E-state index contributed by atoms with van der Waals surface area (Å²) in [5, 5.41) is 4.64. The van der Waals surface area contributed by atoms with Crippen molar-refractivity contribution < 1.29 is 0 Å². The van der Waals surface area contributed by atoms with Gasteiger partial charge in [0.2, 0.25) is 0 Å². The van der Waals surface area contributed by atoms with E-state index in [9.17, 15) is 0 Å². The van der Waals surface area contributed by atoms with Crippen LogP contribution in [0.2, 0.25) is 5.02 Å². The van der Waals surface area contributed by atoms with E-state index < -0.39 is 0 Å². The summed E-state index contributed by atoms with van der Waals surface area (Å²) in [6, 6.07) is 8.66. The maximum Gasteiger partial charge on any atom is 0.0521 e. The van der Waals surface area contributed by atoms with Crippen LogP contribution in [0, 0.1) is 0 Å².